The minimum atomic E-state index is -0.454. The summed E-state index contributed by atoms with van der Waals surface area (Å²) >= 11 is 0. The first-order valence-corrected chi connectivity index (χ1v) is 8.66. The highest BCUT2D eigenvalue weighted by molar-refractivity contribution is 5.81. The summed E-state index contributed by atoms with van der Waals surface area (Å²) in [6.07, 6.45) is 8.47. The topological polar surface area (TPSA) is 41.6 Å². The summed E-state index contributed by atoms with van der Waals surface area (Å²) in [6.45, 7) is 5.48. The van der Waals surface area contributed by atoms with Gasteiger partial charge in [0.15, 0.2) is 0 Å². The van der Waals surface area contributed by atoms with Crippen LogP contribution in [0.15, 0.2) is 0 Å². The second-order valence-electron chi connectivity index (χ2n) is 7.64. The highest BCUT2D eigenvalue weighted by Gasteiger charge is 2.50. The van der Waals surface area contributed by atoms with Crippen LogP contribution in [0.2, 0.25) is 0 Å². The number of methoxy groups -OCH3 is 1. The average Bonchev–Trinajstić information content (AvgIpc) is 3.34. The Bertz CT molecular complexity index is 390. The van der Waals surface area contributed by atoms with Crippen LogP contribution in [0, 0.1) is 5.92 Å². The summed E-state index contributed by atoms with van der Waals surface area (Å²) in [5.41, 5.74) is -0.454. The third-order valence-electron chi connectivity index (χ3n) is 5.28. The van der Waals surface area contributed by atoms with Crippen LogP contribution in [0.25, 0.3) is 0 Å². The number of nitrogens with one attached hydrogen (secondary N) is 1. The number of hydrogen-bond acceptors (Lipinski definition) is 4. The van der Waals surface area contributed by atoms with E-state index < -0.39 is 5.54 Å². The Morgan fingerprint density at radius 1 is 1.24 bits per heavy atom. The van der Waals surface area contributed by atoms with Gasteiger partial charge in [0.05, 0.1) is 7.11 Å². The molecule has 3 fully saturated rings. The van der Waals surface area contributed by atoms with Gasteiger partial charge in [-0.1, -0.05) is 0 Å². The maximum atomic E-state index is 12.4. The zero-order chi connectivity index (χ0) is 15.0. The van der Waals surface area contributed by atoms with Crippen LogP contribution < -0.4 is 5.32 Å². The number of hydrogen-bond donors (Lipinski definition) is 1. The molecule has 1 N–H and O–H groups in total. The molecule has 2 unspecified atom stereocenters. The molecular formula is C17H30N2O2. The maximum Gasteiger partial charge on any atom is 0.326 e. The monoisotopic (exact) mass is 294 g/mol. The molecule has 0 aliphatic heterocycles. The molecule has 0 bridgehead atoms. The van der Waals surface area contributed by atoms with Gasteiger partial charge in [-0.25, -0.2) is 0 Å². The Hall–Kier alpha value is -0.610. The van der Waals surface area contributed by atoms with Gasteiger partial charge in [-0.2, -0.15) is 0 Å². The van der Waals surface area contributed by atoms with Gasteiger partial charge in [0.2, 0.25) is 0 Å². The van der Waals surface area contributed by atoms with Crippen molar-refractivity contribution >= 4 is 5.97 Å². The molecule has 0 saturated heterocycles. The molecule has 3 aliphatic rings. The van der Waals surface area contributed by atoms with E-state index in [9.17, 15) is 4.79 Å². The maximum absolute atomic E-state index is 12.4. The van der Waals surface area contributed by atoms with Crippen LogP contribution in [0.1, 0.15) is 58.8 Å². The zero-order valence-electron chi connectivity index (χ0n) is 13.7. The Morgan fingerprint density at radius 2 is 1.95 bits per heavy atom. The fourth-order valence-electron chi connectivity index (χ4n) is 4.03. The van der Waals surface area contributed by atoms with Gasteiger partial charge < -0.3 is 4.74 Å². The van der Waals surface area contributed by atoms with Crippen LogP contribution in [-0.4, -0.2) is 48.2 Å². The molecule has 3 saturated carbocycles. The van der Waals surface area contributed by atoms with Crippen molar-refractivity contribution in [2.75, 3.05) is 13.7 Å². The molecule has 4 nitrogen and oxygen atoms in total. The van der Waals surface area contributed by atoms with Crippen molar-refractivity contribution in [3.63, 3.8) is 0 Å². The quantitative estimate of drug-likeness (QED) is 0.732. The lowest BCUT2D eigenvalue weighted by Gasteiger charge is -2.33. The van der Waals surface area contributed by atoms with Gasteiger partial charge in [0.1, 0.15) is 5.54 Å². The lowest BCUT2D eigenvalue weighted by Crippen LogP contribution is -2.54. The summed E-state index contributed by atoms with van der Waals surface area (Å²) < 4.78 is 5.12. The molecule has 21 heavy (non-hydrogen) atoms. The third-order valence-corrected chi connectivity index (χ3v) is 5.28. The molecule has 0 heterocycles. The first-order chi connectivity index (χ1) is 10.0. The van der Waals surface area contributed by atoms with Crippen LogP contribution in [0.3, 0.4) is 0 Å². The SMILES string of the molecule is COC(=O)C1(NC(C)C)CCC(N(CC2CC2)C2CC2)C1. The first kappa shape index (κ1) is 15.3. The summed E-state index contributed by atoms with van der Waals surface area (Å²) in [5, 5.41) is 3.52. The minimum absolute atomic E-state index is 0.0686. The van der Waals surface area contributed by atoms with Gasteiger partial charge in [-0.3, -0.25) is 15.0 Å². The van der Waals surface area contributed by atoms with E-state index >= 15 is 0 Å². The molecule has 0 amide bonds. The van der Waals surface area contributed by atoms with E-state index in [2.05, 4.69) is 24.1 Å². The summed E-state index contributed by atoms with van der Waals surface area (Å²) in [7, 11) is 1.52. The van der Waals surface area contributed by atoms with Crippen molar-refractivity contribution in [3.05, 3.63) is 0 Å². The molecule has 120 valence electrons. The van der Waals surface area contributed by atoms with Crippen molar-refractivity contribution in [2.45, 2.75) is 82.5 Å². The number of nitrogens with zero attached hydrogens (tertiary/aromatic N) is 1. The van der Waals surface area contributed by atoms with E-state index in [0.29, 0.717) is 12.1 Å². The van der Waals surface area contributed by atoms with E-state index in [0.717, 1.165) is 31.2 Å². The second-order valence-corrected chi connectivity index (χ2v) is 7.64. The van der Waals surface area contributed by atoms with Gasteiger partial charge in [0, 0.05) is 24.7 Å². The number of esters is 1. The second kappa shape index (κ2) is 5.88. The lowest BCUT2D eigenvalue weighted by molar-refractivity contribution is -0.149. The van der Waals surface area contributed by atoms with Crippen molar-refractivity contribution in [1.29, 1.82) is 0 Å². The third kappa shape index (κ3) is 3.42. The number of carbonyl (C=O) groups excluding carboxylic acids is 1. The Kier molecular flexibility index (Phi) is 4.28. The molecule has 3 aliphatic carbocycles. The normalized spacial score (nSPS) is 32.9. The number of carbonyl (C=O) groups is 1. The van der Waals surface area contributed by atoms with E-state index in [1.807, 2.05) is 0 Å². The molecule has 0 aromatic carbocycles. The summed E-state index contributed by atoms with van der Waals surface area (Å²) in [4.78, 5) is 15.1. The number of ether oxygens (including phenoxy) is 1. The molecule has 0 radical (unpaired) electrons. The standard InChI is InChI=1S/C17H30N2O2/c1-12(2)18-17(16(20)21-3)9-8-15(10-17)19(14-6-7-14)11-13-4-5-13/h12-15,18H,4-11H2,1-3H3. The molecule has 3 rings (SSSR count). The Labute approximate surface area is 128 Å². The van der Waals surface area contributed by atoms with Gasteiger partial charge >= 0.3 is 5.97 Å². The zero-order valence-corrected chi connectivity index (χ0v) is 13.7. The van der Waals surface area contributed by atoms with Crippen molar-refractivity contribution in [1.82, 2.24) is 10.2 Å². The van der Waals surface area contributed by atoms with Crippen molar-refractivity contribution in [3.8, 4) is 0 Å². The predicted octanol–water partition coefficient (Wildman–Crippen LogP) is 2.32. The van der Waals surface area contributed by atoms with Crippen LogP contribution in [0.4, 0.5) is 0 Å². The first-order valence-electron chi connectivity index (χ1n) is 8.66. The van der Waals surface area contributed by atoms with E-state index in [1.165, 1.54) is 39.3 Å². The highest BCUT2D eigenvalue weighted by atomic mass is 16.5. The van der Waals surface area contributed by atoms with Gasteiger partial charge in [-0.15, -0.1) is 0 Å². The highest BCUT2D eigenvalue weighted by Crippen LogP contribution is 2.42. The lowest BCUT2D eigenvalue weighted by atomic mass is 9.96. The van der Waals surface area contributed by atoms with E-state index in [4.69, 9.17) is 4.74 Å². The van der Waals surface area contributed by atoms with Crippen molar-refractivity contribution < 1.29 is 9.53 Å². The largest absolute Gasteiger partial charge is 0.468 e. The predicted molar refractivity (Wildman–Crippen MR) is 83.1 cm³/mol. The van der Waals surface area contributed by atoms with Crippen LogP contribution in [0.5, 0.6) is 0 Å². The van der Waals surface area contributed by atoms with E-state index in [1.54, 1.807) is 0 Å². The molecular weight excluding hydrogens is 264 g/mol. The number of rotatable bonds is 7. The molecule has 0 aromatic rings. The van der Waals surface area contributed by atoms with Gasteiger partial charge in [0.25, 0.3) is 0 Å². The molecule has 0 aromatic heterocycles. The van der Waals surface area contributed by atoms with Crippen LogP contribution >= 0.6 is 0 Å². The Morgan fingerprint density at radius 3 is 2.48 bits per heavy atom. The molecule has 2 atom stereocenters. The minimum Gasteiger partial charge on any atom is -0.468 e. The summed E-state index contributed by atoms with van der Waals surface area (Å²) in [5.74, 6) is 0.859. The fourth-order valence-corrected chi connectivity index (χ4v) is 4.03. The van der Waals surface area contributed by atoms with E-state index in [-0.39, 0.29) is 5.97 Å². The summed E-state index contributed by atoms with van der Waals surface area (Å²) in [6, 6.07) is 1.66. The molecule has 0 spiro atoms. The van der Waals surface area contributed by atoms with Crippen molar-refractivity contribution in [2.24, 2.45) is 5.92 Å². The smallest absolute Gasteiger partial charge is 0.326 e. The molecule has 4 heteroatoms. The fraction of sp³-hybridized carbons (Fsp3) is 0.941. The van der Waals surface area contributed by atoms with Gasteiger partial charge in [-0.05, 0) is 64.7 Å². The van der Waals surface area contributed by atoms with Crippen LogP contribution in [-0.2, 0) is 9.53 Å². The average molecular weight is 294 g/mol. The Balaban J connectivity index is 1.69.